The molecule has 0 saturated carbocycles. The Bertz CT molecular complexity index is 919. The van der Waals surface area contributed by atoms with Crippen LogP contribution in [-0.4, -0.2) is 5.11 Å². The van der Waals surface area contributed by atoms with Crippen LogP contribution in [0.25, 0.3) is 11.0 Å². The molecule has 0 aliphatic rings. The van der Waals surface area contributed by atoms with Gasteiger partial charge in [0.2, 0.25) is 0 Å². The van der Waals surface area contributed by atoms with Crippen molar-refractivity contribution in [3.8, 4) is 5.75 Å². The molecule has 0 saturated heterocycles. The summed E-state index contributed by atoms with van der Waals surface area (Å²) in [6, 6.07) is 11.8. The molecule has 5 heteroatoms. The Labute approximate surface area is 126 Å². The molecule has 0 bridgehead atoms. The third-order valence-corrected chi connectivity index (χ3v) is 3.39. The smallest absolute Gasteiger partial charge is 0.336 e. The van der Waals surface area contributed by atoms with Crippen LogP contribution < -0.4 is 5.63 Å². The van der Waals surface area contributed by atoms with E-state index in [9.17, 15) is 9.90 Å². The van der Waals surface area contributed by atoms with Crippen molar-refractivity contribution in [2.45, 2.75) is 13.8 Å². The van der Waals surface area contributed by atoms with Gasteiger partial charge in [-0.3, -0.25) is 0 Å². The first-order valence-electron chi connectivity index (χ1n) is 6.79. The van der Waals surface area contributed by atoms with Crippen LogP contribution in [0.1, 0.15) is 11.1 Å². The topological polar surface area (TPSA) is 75.2 Å². The van der Waals surface area contributed by atoms with E-state index >= 15 is 0 Å². The second-order valence-electron chi connectivity index (χ2n) is 5.07. The van der Waals surface area contributed by atoms with Gasteiger partial charge in [-0.05, 0) is 55.3 Å². The summed E-state index contributed by atoms with van der Waals surface area (Å²) in [4.78, 5) is 11.2. The van der Waals surface area contributed by atoms with Crippen LogP contribution in [0.3, 0.4) is 0 Å². The fourth-order valence-corrected chi connectivity index (χ4v) is 2.27. The highest BCUT2D eigenvalue weighted by Crippen LogP contribution is 2.30. The van der Waals surface area contributed by atoms with Gasteiger partial charge >= 0.3 is 5.63 Å². The molecule has 3 rings (SSSR count). The summed E-state index contributed by atoms with van der Waals surface area (Å²) in [7, 11) is 0. The molecule has 0 unspecified atom stereocenters. The molecular formula is C17H14N2O3. The number of fused-ring (bicyclic) bond motifs is 1. The SMILES string of the molecule is Cc1cc(N=Nc2cccc3oc(=O)ccc23)cc(C)c1O. The van der Waals surface area contributed by atoms with E-state index in [1.165, 1.54) is 6.07 Å². The molecule has 5 nitrogen and oxygen atoms in total. The quantitative estimate of drug-likeness (QED) is 0.557. The number of phenolic OH excluding ortho intramolecular Hbond substituents is 1. The van der Waals surface area contributed by atoms with Gasteiger partial charge in [0.1, 0.15) is 11.3 Å². The van der Waals surface area contributed by atoms with E-state index in [0.29, 0.717) is 17.0 Å². The van der Waals surface area contributed by atoms with E-state index in [2.05, 4.69) is 10.2 Å². The number of hydrogen-bond donors (Lipinski definition) is 1. The largest absolute Gasteiger partial charge is 0.507 e. The van der Waals surface area contributed by atoms with Crippen molar-refractivity contribution in [1.82, 2.24) is 0 Å². The summed E-state index contributed by atoms with van der Waals surface area (Å²) < 4.78 is 5.12. The lowest BCUT2D eigenvalue weighted by atomic mass is 10.1. The first-order chi connectivity index (χ1) is 10.5. The molecule has 0 atom stereocenters. The Morgan fingerprint density at radius 1 is 1.00 bits per heavy atom. The lowest BCUT2D eigenvalue weighted by Gasteiger charge is -2.04. The number of rotatable bonds is 2. The van der Waals surface area contributed by atoms with Gasteiger partial charge in [-0.25, -0.2) is 4.79 Å². The molecule has 1 aromatic heterocycles. The first-order valence-corrected chi connectivity index (χ1v) is 6.79. The second-order valence-corrected chi connectivity index (χ2v) is 5.07. The summed E-state index contributed by atoms with van der Waals surface area (Å²) in [5.74, 6) is 0.269. The molecule has 2 aromatic carbocycles. The molecule has 3 aromatic rings. The predicted molar refractivity (Wildman–Crippen MR) is 84.2 cm³/mol. The Morgan fingerprint density at radius 2 is 1.73 bits per heavy atom. The van der Waals surface area contributed by atoms with Crippen LogP contribution in [0.2, 0.25) is 0 Å². The normalized spacial score (nSPS) is 11.4. The van der Waals surface area contributed by atoms with E-state index in [1.54, 1.807) is 36.4 Å². The van der Waals surface area contributed by atoms with Crippen LogP contribution >= 0.6 is 0 Å². The number of aromatic hydroxyl groups is 1. The third kappa shape index (κ3) is 2.61. The summed E-state index contributed by atoms with van der Waals surface area (Å²) in [5.41, 5.74) is 2.84. The van der Waals surface area contributed by atoms with E-state index in [0.717, 1.165) is 16.5 Å². The summed E-state index contributed by atoms with van der Waals surface area (Å²) in [6.07, 6.45) is 0. The van der Waals surface area contributed by atoms with Gasteiger partial charge in [0.15, 0.2) is 0 Å². The van der Waals surface area contributed by atoms with Gasteiger partial charge in [-0.2, -0.15) is 5.11 Å². The van der Waals surface area contributed by atoms with Crippen LogP contribution in [0.4, 0.5) is 11.4 Å². The highest BCUT2D eigenvalue weighted by molar-refractivity contribution is 5.88. The maximum absolute atomic E-state index is 11.2. The van der Waals surface area contributed by atoms with Gasteiger partial charge < -0.3 is 9.52 Å². The molecule has 0 radical (unpaired) electrons. The minimum atomic E-state index is -0.397. The molecule has 0 aliphatic heterocycles. The monoisotopic (exact) mass is 294 g/mol. The molecule has 0 spiro atoms. The number of nitrogens with zero attached hydrogens (tertiary/aromatic N) is 2. The van der Waals surface area contributed by atoms with Gasteiger partial charge in [0.25, 0.3) is 0 Å². The van der Waals surface area contributed by atoms with Crippen LogP contribution in [0.5, 0.6) is 5.75 Å². The van der Waals surface area contributed by atoms with E-state index < -0.39 is 5.63 Å². The lowest BCUT2D eigenvalue weighted by molar-refractivity contribution is 0.467. The van der Waals surface area contributed by atoms with E-state index in [-0.39, 0.29) is 5.75 Å². The molecule has 0 amide bonds. The maximum Gasteiger partial charge on any atom is 0.336 e. The minimum Gasteiger partial charge on any atom is -0.507 e. The molecule has 0 fully saturated rings. The zero-order valence-corrected chi connectivity index (χ0v) is 12.2. The molecule has 1 heterocycles. The van der Waals surface area contributed by atoms with Crippen LogP contribution in [0, 0.1) is 13.8 Å². The van der Waals surface area contributed by atoms with E-state index in [1.807, 2.05) is 13.8 Å². The molecule has 1 N–H and O–H groups in total. The highest BCUT2D eigenvalue weighted by atomic mass is 16.4. The number of aryl methyl sites for hydroxylation is 2. The Hall–Kier alpha value is -2.95. The third-order valence-electron chi connectivity index (χ3n) is 3.39. The van der Waals surface area contributed by atoms with Crippen molar-refractivity contribution in [1.29, 1.82) is 0 Å². The van der Waals surface area contributed by atoms with Crippen LogP contribution in [-0.2, 0) is 0 Å². The zero-order chi connectivity index (χ0) is 15.7. The fourth-order valence-electron chi connectivity index (χ4n) is 2.27. The summed E-state index contributed by atoms with van der Waals surface area (Å²) in [6.45, 7) is 3.63. The lowest BCUT2D eigenvalue weighted by Crippen LogP contribution is -1.93. The molecular weight excluding hydrogens is 280 g/mol. The van der Waals surface area contributed by atoms with Crippen molar-refractivity contribution < 1.29 is 9.52 Å². The van der Waals surface area contributed by atoms with Gasteiger partial charge in [-0.1, -0.05) is 6.07 Å². The molecule has 110 valence electrons. The second kappa shape index (κ2) is 5.44. The average Bonchev–Trinajstić information content (AvgIpc) is 2.50. The standard InChI is InChI=1S/C17H14N2O3/c1-10-8-12(9-11(2)17(10)21)18-19-14-4-3-5-15-13(14)6-7-16(20)22-15/h3-9,21H,1-2H3. The summed E-state index contributed by atoms with van der Waals surface area (Å²) >= 11 is 0. The Balaban J connectivity index is 2.05. The number of phenols is 1. The Kier molecular flexibility index (Phi) is 3.47. The highest BCUT2D eigenvalue weighted by Gasteiger charge is 2.04. The van der Waals surface area contributed by atoms with Crippen molar-refractivity contribution in [3.05, 3.63) is 64.0 Å². The van der Waals surface area contributed by atoms with E-state index in [4.69, 9.17) is 4.42 Å². The average molecular weight is 294 g/mol. The zero-order valence-electron chi connectivity index (χ0n) is 12.2. The van der Waals surface area contributed by atoms with Gasteiger partial charge in [0.05, 0.1) is 11.4 Å². The first kappa shape index (κ1) is 14.0. The van der Waals surface area contributed by atoms with Crippen molar-refractivity contribution in [3.63, 3.8) is 0 Å². The van der Waals surface area contributed by atoms with Crippen molar-refractivity contribution >= 4 is 22.3 Å². The van der Waals surface area contributed by atoms with Crippen molar-refractivity contribution in [2.24, 2.45) is 10.2 Å². The number of benzene rings is 2. The maximum atomic E-state index is 11.2. The number of azo groups is 1. The molecule has 22 heavy (non-hydrogen) atoms. The molecule has 0 aliphatic carbocycles. The number of hydrogen-bond acceptors (Lipinski definition) is 5. The van der Waals surface area contributed by atoms with Gasteiger partial charge in [-0.15, -0.1) is 5.11 Å². The predicted octanol–water partition coefficient (Wildman–Crippen LogP) is 4.53. The summed E-state index contributed by atoms with van der Waals surface area (Å²) in [5, 5.41) is 18.9. The van der Waals surface area contributed by atoms with Gasteiger partial charge in [0, 0.05) is 11.5 Å². The van der Waals surface area contributed by atoms with Crippen LogP contribution in [0.15, 0.2) is 61.9 Å². The van der Waals surface area contributed by atoms with Crippen molar-refractivity contribution in [2.75, 3.05) is 0 Å². The fraction of sp³-hybridized carbons (Fsp3) is 0.118. The Morgan fingerprint density at radius 3 is 2.45 bits per heavy atom. The minimum absolute atomic E-state index is 0.269.